The van der Waals surface area contributed by atoms with Crippen molar-refractivity contribution >= 4 is 28.1 Å². The number of rotatable bonds is 3. The number of anilines is 1. The molecule has 1 aromatic heterocycles. The Balaban J connectivity index is 1.93. The third-order valence-corrected chi connectivity index (χ3v) is 3.85. The van der Waals surface area contributed by atoms with Gasteiger partial charge in [0.2, 0.25) is 0 Å². The quantitative estimate of drug-likeness (QED) is 0.773. The highest BCUT2D eigenvalue weighted by Gasteiger charge is 2.33. The molecule has 0 spiro atoms. The molecule has 0 amide bonds. The summed E-state index contributed by atoms with van der Waals surface area (Å²) in [5, 5.41) is 3.52. The molecule has 2 unspecified atom stereocenters. The molecule has 0 radical (unpaired) electrons. The minimum absolute atomic E-state index is 0.607. The van der Waals surface area contributed by atoms with Gasteiger partial charge in [-0.15, -0.1) is 11.3 Å². The lowest BCUT2D eigenvalue weighted by molar-refractivity contribution is 0.724. The zero-order valence-corrected chi connectivity index (χ0v) is 9.40. The van der Waals surface area contributed by atoms with E-state index in [9.17, 15) is 0 Å². The average Bonchev–Trinajstić information content (AvgIpc) is 2.62. The van der Waals surface area contributed by atoms with Crippen molar-refractivity contribution in [1.82, 2.24) is 4.98 Å². The number of aromatic nitrogens is 1. The molecular weight excluding hydrogens is 204 g/mol. The second kappa shape index (κ2) is 3.46. The van der Waals surface area contributed by atoms with Crippen LogP contribution in [0.4, 0.5) is 5.13 Å². The van der Waals surface area contributed by atoms with Crippen LogP contribution in [0.1, 0.15) is 13.3 Å². The van der Waals surface area contributed by atoms with Gasteiger partial charge in [0, 0.05) is 19.0 Å². The van der Waals surface area contributed by atoms with Gasteiger partial charge in [0.1, 0.15) is 5.15 Å². The normalized spacial score (nSPS) is 26.1. The van der Waals surface area contributed by atoms with Crippen LogP contribution in [0.25, 0.3) is 0 Å². The summed E-state index contributed by atoms with van der Waals surface area (Å²) in [5.74, 6) is 1.77. The average molecular weight is 217 g/mol. The third-order valence-electron chi connectivity index (χ3n) is 2.58. The van der Waals surface area contributed by atoms with Gasteiger partial charge in [0.05, 0.1) is 0 Å². The van der Waals surface area contributed by atoms with E-state index in [1.54, 1.807) is 11.3 Å². The number of nitrogens with zero attached hydrogens (tertiary/aromatic N) is 2. The Hall–Kier alpha value is -0.280. The van der Waals surface area contributed by atoms with Crippen LogP contribution in [0.2, 0.25) is 5.15 Å². The van der Waals surface area contributed by atoms with Gasteiger partial charge in [0.25, 0.3) is 0 Å². The van der Waals surface area contributed by atoms with Crippen molar-refractivity contribution in [3.05, 3.63) is 10.5 Å². The summed E-state index contributed by atoms with van der Waals surface area (Å²) >= 11 is 7.37. The third kappa shape index (κ3) is 2.15. The molecule has 4 heteroatoms. The Labute approximate surface area is 87.5 Å². The Bertz CT molecular complexity index is 300. The predicted octanol–water partition coefficient (Wildman–Crippen LogP) is 2.89. The minimum Gasteiger partial charge on any atom is -0.351 e. The van der Waals surface area contributed by atoms with Gasteiger partial charge in [-0.25, -0.2) is 4.98 Å². The zero-order valence-electron chi connectivity index (χ0n) is 7.83. The molecular formula is C9H13ClN2S. The maximum atomic E-state index is 5.76. The second-order valence-corrected chi connectivity index (χ2v) is 5.03. The van der Waals surface area contributed by atoms with Crippen LogP contribution >= 0.6 is 22.9 Å². The molecule has 13 heavy (non-hydrogen) atoms. The van der Waals surface area contributed by atoms with Gasteiger partial charge in [-0.1, -0.05) is 18.5 Å². The van der Waals surface area contributed by atoms with Crippen molar-refractivity contribution in [3.63, 3.8) is 0 Å². The van der Waals surface area contributed by atoms with Crippen LogP contribution in [-0.2, 0) is 0 Å². The molecule has 2 nitrogen and oxygen atoms in total. The van der Waals surface area contributed by atoms with Crippen LogP contribution in [0.15, 0.2) is 5.38 Å². The molecule has 1 aromatic rings. The molecule has 0 aromatic carbocycles. The van der Waals surface area contributed by atoms with Crippen LogP contribution in [0.5, 0.6) is 0 Å². The van der Waals surface area contributed by atoms with Gasteiger partial charge in [-0.3, -0.25) is 0 Å². The minimum atomic E-state index is 0.607. The highest BCUT2D eigenvalue weighted by Crippen LogP contribution is 2.39. The van der Waals surface area contributed by atoms with Crippen molar-refractivity contribution < 1.29 is 0 Å². The van der Waals surface area contributed by atoms with Crippen molar-refractivity contribution in [3.8, 4) is 0 Å². The highest BCUT2D eigenvalue weighted by molar-refractivity contribution is 7.14. The van der Waals surface area contributed by atoms with Crippen LogP contribution in [0.3, 0.4) is 0 Å². The zero-order chi connectivity index (χ0) is 9.42. The van der Waals surface area contributed by atoms with Gasteiger partial charge in [-0.05, 0) is 18.3 Å². The standard InChI is InChI=1S/C9H13ClN2S/c1-6-3-7(6)4-12(2)9-11-8(10)5-13-9/h5-7H,3-4H2,1-2H3. The first-order valence-electron chi connectivity index (χ1n) is 4.49. The van der Waals surface area contributed by atoms with E-state index >= 15 is 0 Å². The van der Waals surface area contributed by atoms with Crippen molar-refractivity contribution in [2.45, 2.75) is 13.3 Å². The SMILES string of the molecule is CC1CC1CN(C)c1nc(Cl)cs1. The van der Waals surface area contributed by atoms with E-state index in [1.807, 2.05) is 5.38 Å². The summed E-state index contributed by atoms with van der Waals surface area (Å²) in [6, 6.07) is 0. The maximum absolute atomic E-state index is 5.76. The number of hydrogen-bond donors (Lipinski definition) is 0. The van der Waals surface area contributed by atoms with E-state index in [0.717, 1.165) is 23.5 Å². The molecule has 1 aliphatic carbocycles. The molecule has 0 saturated heterocycles. The molecule has 2 atom stereocenters. The van der Waals surface area contributed by atoms with E-state index in [-0.39, 0.29) is 0 Å². The monoisotopic (exact) mass is 216 g/mol. The molecule has 0 bridgehead atoms. The fourth-order valence-electron chi connectivity index (χ4n) is 1.50. The molecule has 2 rings (SSSR count). The highest BCUT2D eigenvalue weighted by atomic mass is 35.5. The predicted molar refractivity (Wildman–Crippen MR) is 57.7 cm³/mol. The van der Waals surface area contributed by atoms with Crippen molar-refractivity contribution in [2.75, 3.05) is 18.5 Å². The van der Waals surface area contributed by atoms with Crippen molar-refractivity contribution in [1.29, 1.82) is 0 Å². The first-order valence-corrected chi connectivity index (χ1v) is 5.74. The molecule has 1 heterocycles. The first-order chi connectivity index (χ1) is 6.16. The number of hydrogen-bond acceptors (Lipinski definition) is 3. The fraction of sp³-hybridized carbons (Fsp3) is 0.667. The lowest BCUT2D eigenvalue weighted by Gasteiger charge is -2.14. The summed E-state index contributed by atoms with van der Waals surface area (Å²) < 4.78 is 0. The van der Waals surface area contributed by atoms with Gasteiger partial charge in [-0.2, -0.15) is 0 Å². The molecule has 0 aliphatic heterocycles. The smallest absolute Gasteiger partial charge is 0.186 e. The van der Waals surface area contributed by atoms with Crippen LogP contribution < -0.4 is 4.90 Å². The number of halogens is 1. The second-order valence-electron chi connectivity index (χ2n) is 3.81. The Kier molecular flexibility index (Phi) is 2.47. The van der Waals surface area contributed by atoms with Gasteiger partial charge < -0.3 is 4.90 Å². The van der Waals surface area contributed by atoms with E-state index in [2.05, 4.69) is 23.9 Å². The summed E-state index contributed by atoms with van der Waals surface area (Å²) in [5.41, 5.74) is 0. The summed E-state index contributed by atoms with van der Waals surface area (Å²) in [7, 11) is 2.08. The van der Waals surface area contributed by atoms with Gasteiger partial charge >= 0.3 is 0 Å². The van der Waals surface area contributed by atoms with Crippen molar-refractivity contribution in [2.24, 2.45) is 11.8 Å². The largest absolute Gasteiger partial charge is 0.351 e. The Morgan fingerprint density at radius 2 is 2.46 bits per heavy atom. The van der Waals surface area contributed by atoms with Crippen LogP contribution in [-0.4, -0.2) is 18.6 Å². The lowest BCUT2D eigenvalue weighted by atomic mass is 10.3. The Morgan fingerprint density at radius 1 is 1.77 bits per heavy atom. The summed E-state index contributed by atoms with van der Waals surface area (Å²) in [6.07, 6.45) is 1.36. The first kappa shape index (κ1) is 9.28. The number of thiazole rings is 1. The Morgan fingerprint density at radius 3 is 2.92 bits per heavy atom. The van der Waals surface area contributed by atoms with E-state index in [0.29, 0.717) is 5.15 Å². The van der Waals surface area contributed by atoms with Crippen LogP contribution in [0, 0.1) is 11.8 Å². The summed E-state index contributed by atoms with van der Waals surface area (Å²) in [4.78, 5) is 6.43. The van der Waals surface area contributed by atoms with E-state index < -0.39 is 0 Å². The van der Waals surface area contributed by atoms with E-state index in [4.69, 9.17) is 11.6 Å². The maximum Gasteiger partial charge on any atom is 0.186 e. The fourth-order valence-corrected chi connectivity index (χ4v) is 2.43. The topological polar surface area (TPSA) is 16.1 Å². The molecule has 0 N–H and O–H groups in total. The lowest BCUT2D eigenvalue weighted by Crippen LogP contribution is -2.20. The molecule has 1 aliphatic rings. The van der Waals surface area contributed by atoms with E-state index in [1.165, 1.54) is 6.42 Å². The summed E-state index contributed by atoms with van der Waals surface area (Å²) in [6.45, 7) is 3.42. The van der Waals surface area contributed by atoms with Gasteiger partial charge in [0.15, 0.2) is 5.13 Å². The molecule has 1 saturated carbocycles. The molecule has 1 fully saturated rings. The molecule has 72 valence electrons.